The van der Waals surface area contributed by atoms with Crippen LogP contribution in [0.4, 0.5) is 18.9 Å². The molecule has 1 heterocycles. The summed E-state index contributed by atoms with van der Waals surface area (Å²) in [6.45, 7) is 1.66. The topological polar surface area (TPSA) is 59.1 Å². The van der Waals surface area contributed by atoms with Crippen LogP contribution < -0.4 is 5.32 Å². The number of hydrogen-bond acceptors (Lipinski definition) is 5. The van der Waals surface area contributed by atoms with Crippen LogP contribution in [0.1, 0.15) is 23.5 Å². The molecule has 0 bridgehead atoms. The Kier molecular flexibility index (Phi) is 5.97. The number of rotatable bonds is 6. The maximum atomic E-state index is 14.5. The number of sulfone groups is 1. The van der Waals surface area contributed by atoms with Crippen molar-refractivity contribution in [2.75, 3.05) is 5.32 Å². The Hall–Kier alpha value is -2.10. The van der Waals surface area contributed by atoms with Crippen molar-refractivity contribution in [1.82, 2.24) is 4.98 Å². The maximum Gasteiger partial charge on any atom is 0.196 e. The molecule has 2 aromatic carbocycles. The van der Waals surface area contributed by atoms with Crippen molar-refractivity contribution in [3.05, 3.63) is 75.0 Å². The molecule has 3 rings (SSSR count). The van der Waals surface area contributed by atoms with E-state index >= 15 is 0 Å². The summed E-state index contributed by atoms with van der Waals surface area (Å²) in [5.74, 6) is -2.11. The molecule has 1 atom stereocenters. The van der Waals surface area contributed by atoms with E-state index in [4.69, 9.17) is 11.6 Å². The van der Waals surface area contributed by atoms with Gasteiger partial charge in [0.1, 0.15) is 27.3 Å². The van der Waals surface area contributed by atoms with Crippen molar-refractivity contribution >= 4 is 38.5 Å². The van der Waals surface area contributed by atoms with Gasteiger partial charge in [0.2, 0.25) is 0 Å². The van der Waals surface area contributed by atoms with Gasteiger partial charge in [0.05, 0.1) is 22.9 Å². The summed E-state index contributed by atoms with van der Waals surface area (Å²) in [6, 6.07) is 7.46. The maximum absolute atomic E-state index is 14.5. The summed E-state index contributed by atoms with van der Waals surface area (Å²) < 4.78 is 66.4. The van der Waals surface area contributed by atoms with E-state index in [9.17, 15) is 21.6 Å². The van der Waals surface area contributed by atoms with Gasteiger partial charge in [0, 0.05) is 5.56 Å². The van der Waals surface area contributed by atoms with Crippen molar-refractivity contribution in [2.45, 2.75) is 23.6 Å². The van der Waals surface area contributed by atoms with Crippen LogP contribution in [0, 0.1) is 16.8 Å². The predicted octanol–water partition coefficient (Wildman–Crippen LogP) is 5.36. The van der Waals surface area contributed by atoms with E-state index in [-0.39, 0.29) is 15.7 Å². The second-order valence-electron chi connectivity index (χ2n) is 5.97. The van der Waals surface area contributed by atoms with E-state index in [0.717, 1.165) is 18.3 Å². The number of benzene rings is 2. The highest BCUT2D eigenvalue weighted by atomic mass is 35.5. The quantitative estimate of drug-likeness (QED) is 0.553. The molecular formula is C18H14ClF3N2O2S2. The first-order valence-electron chi connectivity index (χ1n) is 8.00. The van der Waals surface area contributed by atoms with Crippen LogP contribution in [-0.4, -0.2) is 13.4 Å². The lowest BCUT2D eigenvalue weighted by Gasteiger charge is -2.18. The van der Waals surface area contributed by atoms with Crippen molar-refractivity contribution in [3.8, 4) is 0 Å². The summed E-state index contributed by atoms with van der Waals surface area (Å²) in [4.78, 5) is 3.02. The Morgan fingerprint density at radius 1 is 1.18 bits per heavy atom. The van der Waals surface area contributed by atoms with Crippen LogP contribution in [-0.2, 0) is 15.6 Å². The molecule has 10 heteroatoms. The number of thiazole rings is 1. The minimum atomic E-state index is -4.12. The molecule has 0 radical (unpaired) electrons. The van der Waals surface area contributed by atoms with E-state index in [2.05, 4.69) is 10.3 Å². The largest absolute Gasteiger partial charge is 0.377 e. The number of halogens is 4. The van der Waals surface area contributed by atoms with Gasteiger partial charge in [-0.05, 0) is 25.1 Å². The Labute approximate surface area is 168 Å². The van der Waals surface area contributed by atoms with Gasteiger partial charge < -0.3 is 5.32 Å². The number of aromatic nitrogens is 1. The zero-order chi connectivity index (χ0) is 20.5. The standard InChI is InChI=1S/C18H14ClF3N2O2S2/c1-10(11-4-2-3-5-13(11)20)24-15-7-14(21)16(6-12(15)19)28(25,26)9-18-23-8-17(22)27-18/h2-8,10,24H,9H2,1H3/t10-/m0/s1. The van der Waals surface area contributed by atoms with Gasteiger partial charge in [-0.25, -0.2) is 22.2 Å². The van der Waals surface area contributed by atoms with Crippen LogP contribution in [0.2, 0.25) is 5.02 Å². The highest BCUT2D eigenvalue weighted by molar-refractivity contribution is 7.90. The molecule has 1 N–H and O–H groups in total. The molecule has 0 unspecified atom stereocenters. The summed E-state index contributed by atoms with van der Waals surface area (Å²) in [5.41, 5.74) is 0.468. The summed E-state index contributed by atoms with van der Waals surface area (Å²) in [5, 5.41) is 2.19. The van der Waals surface area contributed by atoms with Gasteiger partial charge in [-0.2, -0.15) is 4.39 Å². The average Bonchev–Trinajstić information content (AvgIpc) is 3.02. The van der Waals surface area contributed by atoms with Crippen LogP contribution >= 0.6 is 22.9 Å². The van der Waals surface area contributed by atoms with Crippen molar-refractivity contribution in [2.24, 2.45) is 0 Å². The first kappa shape index (κ1) is 20.6. The third kappa shape index (κ3) is 4.48. The Bertz CT molecular complexity index is 1120. The average molecular weight is 447 g/mol. The normalized spacial score (nSPS) is 12.8. The van der Waals surface area contributed by atoms with E-state index in [1.165, 1.54) is 6.07 Å². The lowest BCUT2D eigenvalue weighted by Crippen LogP contribution is -2.11. The smallest absolute Gasteiger partial charge is 0.196 e. The number of anilines is 1. The van der Waals surface area contributed by atoms with Crippen molar-refractivity contribution in [1.29, 1.82) is 0 Å². The Morgan fingerprint density at radius 2 is 1.89 bits per heavy atom. The fraction of sp³-hybridized carbons (Fsp3) is 0.167. The molecule has 1 aromatic heterocycles. The van der Waals surface area contributed by atoms with Gasteiger partial charge in [-0.1, -0.05) is 41.1 Å². The summed E-state index contributed by atoms with van der Waals surface area (Å²) >= 11 is 6.70. The van der Waals surface area contributed by atoms with E-state index in [0.29, 0.717) is 16.9 Å². The third-order valence-corrected chi connectivity index (χ3v) is 6.86. The Balaban J connectivity index is 1.87. The molecule has 0 amide bonds. The molecule has 3 aromatic rings. The molecule has 0 saturated carbocycles. The second-order valence-corrected chi connectivity index (χ2v) is 9.40. The minimum Gasteiger partial charge on any atom is -0.377 e. The zero-order valence-electron chi connectivity index (χ0n) is 14.4. The molecule has 0 aliphatic rings. The van der Waals surface area contributed by atoms with Crippen LogP contribution in [0.3, 0.4) is 0 Å². The third-order valence-electron chi connectivity index (χ3n) is 3.94. The molecule has 0 aliphatic carbocycles. The molecule has 0 aliphatic heterocycles. The zero-order valence-corrected chi connectivity index (χ0v) is 16.8. The monoisotopic (exact) mass is 446 g/mol. The summed E-state index contributed by atoms with van der Waals surface area (Å²) in [6.07, 6.45) is 0.899. The molecule has 148 valence electrons. The lowest BCUT2D eigenvalue weighted by molar-refractivity contribution is 0.566. The van der Waals surface area contributed by atoms with Crippen molar-refractivity contribution < 1.29 is 21.6 Å². The second kappa shape index (κ2) is 8.10. The predicted molar refractivity (Wildman–Crippen MR) is 103 cm³/mol. The Morgan fingerprint density at radius 3 is 2.54 bits per heavy atom. The van der Waals surface area contributed by atoms with Gasteiger partial charge in [-0.3, -0.25) is 0 Å². The first-order valence-corrected chi connectivity index (χ1v) is 10.8. The van der Waals surface area contributed by atoms with Gasteiger partial charge in [0.25, 0.3) is 0 Å². The first-order chi connectivity index (χ1) is 13.2. The van der Waals surface area contributed by atoms with Crippen LogP contribution in [0.5, 0.6) is 0 Å². The summed E-state index contributed by atoms with van der Waals surface area (Å²) in [7, 11) is -4.12. The minimum absolute atomic E-state index is 0.00315. The number of hydrogen-bond donors (Lipinski definition) is 1. The molecule has 0 saturated heterocycles. The van der Waals surface area contributed by atoms with Gasteiger partial charge in [-0.15, -0.1) is 0 Å². The molecule has 0 fully saturated rings. The molecule has 0 spiro atoms. The van der Waals surface area contributed by atoms with Gasteiger partial charge >= 0.3 is 0 Å². The van der Waals surface area contributed by atoms with E-state index < -0.39 is 43.3 Å². The lowest BCUT2D eigenvalue weighted by atomic mass is 10.1. The van der Waals surface area contributed by atoms with E-state index in [1.807, 2.05) is 0 Å². The van der Waals surface area contributed by atoms with Gasteiger partial charge in [0.15, 0.2) is 15.0 Å². The van der Waals surface area contributed by atoms with Crippen LogP contribution in [0.25, 0.3) is 0 Å². The fourth-order valence-corrected chi connectivity index (χ4v) is 5.24. The number of nitrogens with one attached hydrogen (secondary N) is 1. The SMILES string of the molecule is C[C@H](Nc1cc(F)c(S(=O)(=O)Cc2ncc(F)s2)cc1Cl)c1ccccc1F. The highest BCUT2D eigenvalue weighted by Crippen LogP contribution is 2.32. The van der Waals surface area contributed by atoms with E-state index in [1.54, 1.807) is 25.1 Å². The molecule has 28 heavy (non-hydrogen) atoms. The van der Waals surface area contributed by atoms with Crippen molar-refractivity contribution in [3.63, 3.8) is 0 Å². The fourth-order valence-electron chi connectivity index (χ4n) is 2.61. The molecular weight excluding hydrogens is 433 g/mol. The number of nitrogens with zero attached hydrogens (tertiary/aromatic N) is 1. The highest BCUT2D eigenvalue weighted by Gasteiger charge is 2.24. The van der Waals surface area contributed by atoms with Crippen LogP contribution in [0.15, 0.2) is 47.5 Å². The molecule has 4 nitrogen and oxygen atoms in total.